The number of hydrogen-bond donors (Lipinski definition) is 0. The van der Waals surface area contributed by atoms with Crippen LogP contribution in [0.5, 0.6) is 0 Å². The standard InChI is InChI=1S/C20H30BClO4/c1-8-24-17(23)18(2,3)12-11-14-9-10-15(13-16(14)22)21-25-19(4,5)20(6,7)26-21/h9-10,13H,8,11-12H2,1-7H3. The van der Waals surface area contributed by atoms with Gasteiger partial charge in [-0.1, -0.05) is 23.7 Å². The molecule has 0 saturated carbocycles. The molecule has 1 aromatic rings. The Labute approximate surface area is 162 Å². The highest BCUT2D eigenvalue weighted by Gasteiger charge is 2.51. The van der Waals surface area contributed by atoms with E-state index in [1.54, 1.807) is 0 Å². The number of benzene rings is 1. The van der Waals surface area contributed by atoms with Gasteiger partial charge >= 0.3 is 13.1 Å². The molecule has 0 N–H and O–H groups in total. The van der Waals surface area contributed by atoms with Crippen LogP contribution in [0.4, 0.5) is 0 Å². The Morgan fingerprint density at radius 3 is 2.27 bits per heavy atom. The number of carbonyl (C=O) groups excluding carboxylic acids is 1. The molecular weight excluding hydrogens is 350 g/mol. The summed E-state index contributed by atoms with van der Waals surface area (Å²) in [4.78, 5) is 12.0. The molecule has 0 unspecified atom stereocenters. The average Bonchev–Trinajstić information content (AvgIpc) is 2.74. The normalized spacial score (nSPS) is 18.8. The Kier molecular flexibility index (Phi) is 6.16. The third-order valence-corrected chi connectivity index (χ3v) is 5.80. The van der Waals surface area contributed by atoms with Crippen LogP contribution in [-0.2, 0) is 25.3 Å². The largest absolute Gasteiger partial charge is 0.494 e. The minimum absolute atomic E-state index is 0.176. The van der Waals surface area contributed by atoms with Crippen molar-refractivity contribution in [2.75, 3.05) is 6.61 Å². The third-order valence-electron chi connectivity index (χ3n) is 5.45. The zero-order chi connectivity index (χ0) is 19.8. The van der Waals surface area contributed by atoms with Crippen molar-refractivity contribution >= 4 is 30.2 Å². The number of hydrogen-bond acceptors (Lipinski definition) is 4. The lowest BCUT2D eigenvalue weighted by atomic mass is 9.78. The summed E-state index contributed by atoms with van der Waals surface area (Å²) < 4.78 is 17.3. The van der Waals surface area contributed by atoms with Crippen LogP contribution >= 0.6 is 11.6 Å². The second kappa shape index (κ2) is 7.53. The molecule has 1 heterocycles. The van der Waals surface area contributed by atoms with Gasteiger partial charge in [0.2, 0.25) is 0 Å². The molecule has 0 radical (unpaired) electrons. The van der Waals surface area contributed by atoms with Crippen molar-refractivity contribution in [3.8, 4) is 0 Å². The maximum Gasteiger partial charge on any atom is 0.494 e. The van der Waals surface area contributed by atoms with Crippen LogP contribution in [0.2, 0.25) is 5.02 Å². The molecule has 6 heteroatoms. The third kappa shape index (κ3) is 4.44. The van der Waals surface area contributed by atoms with Gasteiger partial charge in [0.15, 0.2) is 0 Å². The van der Waals surface area contributed by atoms with E-state index in [1.807, 2.05) is 66.7 Å². The summed E-state index contributed by atoms with van der Waals surface area (Å²) in [7, 11) is -0.428. The number of ether oxygens (including phenoxy) is 1. The van der Waals surface area contributed by atoms with Crippen molar-refractivity contribution in [2.24, 2.45) is 5.41 Å². The minimum atomic E-state index is -0.538. The van der Waals surface area contributed by atoms with Gasteiger partial charge in [0, 0.05) is 5.02 Å². The molecule has 0 amide bonds. The van der Waals surface area contributed by atoms with Crippen molar-refractivity contribution in [1.29, 1.82) is 0 Å². The lowest BCUT2D eigenvalue weighted by Gasteiger charge is -2.32. The molecular formula is C20H30BClO4. The summed E-state index contributed by atoms with van der Waals surface area (Å²) in [6.07, 6.45) is 1.37. The van der Waals surface area contributed by atoms with Crippen LogP contribution < -0.4 is 5.46 Å². The van der Waals surface area contributed by atoms with E-state index in [9.17, 15) is 4.79 Å². The lowest BCUT2D eigenvalue weighted by Crippen LogP contribution is -2.41. The highest BCUT2D eigenvalue weighted by molar-refractivity contribution is 6.62. The van der Waals surface area contributed by atoms with E-state index in [-0.39, 0.29) is 17.2 Å². The highest BCUT2D eigenvalue weighted by atomic mass is 35.5. The molecule has 4 nitrogen and oxygen atoms in total. The molecule has 0 bridgehead atoms. The Hall–Kier alpha value is -1.04. The van der Waals surface area contributed by atoms with E-state index in [2.05, 4.69) is 0 Å². The summed E-state index contributed by atoms with van der Waals surface area (Å²) >= 11 is 6.49. The molecule has 1 aliphatic heterocycles. The number of esters is 1. The summed E-state index contributed by atoms with van der Waals surface area (Å²) in [5.74, 6) is -0.176. The number of halogens is 1. The van der Waals surface area contributed by atoms with E-state index in [0.717, 1.165) is 11.0 Å². The molecule has 0 aromatic heterocycles. The van der Waals surface area contributed by atoms with Gasteiger partial charge in [-0.05, 0) is 78.4 Å². The fraction of sp³-hybridized carbons (Fsp3) is 0.650. The summed E-state index contributed by atoms with van der Waals surface area (Å²) in [5.41, 5.74) is 0.606. The molecule has 1 saturated heterocycles. The van der Waals surface area contributed by atoms with E-state index < -0.39 is 12.5 Å². The molecule has 2 rings (SSSR count). The quantitative estimate of drug-likeness (QED) is 0.549. The van der Waals surface area contributed by atoms with Gasteiger partial charge in [-0.3, -0.25) is 4.79 Å². The van der Waals surface area contributed by atoms with Gasteiger partial charge in [0.1, 0.15) is 0 Å². The molecule has 0 spiro atoms. The fourth-order valence-corrected chi connectivity index (χ4v) is 3.05. The van der Waals surface area contributed by atoms with Crippen molar-refractivity contribution in [3.05, 3.63) is 28.8 Å². The first-order chi connectivity index (χ1) is 11.9. The Morgan fingerprint density at radius 2 is 1.77 bits per heavy atom. The van der Waals surface area contributed by atoms with Crippen LogP contribution in [0.1, 0.15) is 60.5 Å². The predicted molar refractivity (Wildman–Crippen MR) is 106 cm³/mol. The molecule has 1 aromatic carbocycles. The van der Waals surface area contributed by atoms with Crippen LogP contribution in [0.25, 0.3) is 0 Å². The smallest absolute Gasteiger partial charge is 0.466 e. The first kappa shape index (κ1) is 21.3. The highest BCUT2D eigenvalue weighted by Crippen LogP contribution is 2.36. The van der Waals surface area contributed by atoms with Gasteiger partial charge in [-0.25, -0.2) is 0 Å². The van der Waals surface area contributed by atoms with Gasteiger partial charge in [0.25, 0.3) is 0 Å². The molecule has 1 aliphatic rings. The van der Waals surface area contributed by atoms with Crippen molar-refractivity contribution in [1.82, 2.24) is 0 Å². The van der Waals surface area contributed by atoms with Gasteiger partial charge < -0.3 is 14.0 Å². The fourth-order valence-electron chi connectivity index (χ4n) is 2.77. The Balaban J connectivity index is 2.08. The van der Waals surface area contributed by atoms with Crippen molar-refractivity contribution in [3.63, 3.8) is 0 Å². The Bertz CT molecular complexity index is 654. The van der Waals surface area contributed by atoms with E-state index in [1.165, 1.54) is 0 Å². The molecule has 0 aliphatic carbocycles. The zero-order valence-corrected chi connectivity index (χ0v) is 17.7. The first-order valence-electron chi connectivity index (χ1n) is 9.21. The summed E-state index contributed by atoms with van der Waals surface area (Å²) in [6, 6.07) is 5.88. The van der Waals surface area contributed by atoms with Crippen LogP contribution in [-0.4, -0.2) is 30.9 Å². The summed E-state index contributed by atoms with van der Waals surface area (Å²) in [5, 5.41) is 0.664. The van der Waals surface area contributed by atoms with Gasteiger partial charge in [-0.15, -0.1) is 0 Å². The topological polar surface area (TPSA) is 44.8 Å². The van der Waals surface area contributed by atoms with E-state index >= 15 is 0 Å². The predicted octanol–water partition coefficient (Wildman–Crippen LogP) is 4.16. The molecule has 144 valence electrons. The maximum atomic E-state index is 12.0. The van der Waals surface area contributed by atoms with E-state index in [0.29, 0.717) is 24.5 Å². The zero-order valence-electron chi connectivity index (χ0n) is 16.9. The van der Waals surface area contributed by atoms with Gasteiger partial charge in [-0.2, -0.15) is 0 Å². The van der Waals surface area contributed by atoms with Crippen molar-refractivity contribution < 1.29 is 18.8 Å². The molecule has 1 fully saturated rings. The van der Waals surface area contributed by atoms with Crippen LogP contribution in [0, 0.1) is 5.41 Å². The minimum Gasteiger partial charge on any atom is -0.466 e. The number of rotatable bonds is 6. The molecule has 26 heavy (non-hydrogen) atoms. The van der Waals surface area contributed by atoms with Gasteiger partial charge in [0.05, 0.1) is 23.2 Å². The van der Waals surface area contributed by atoms with Crippen LogP contribution in [0.3, 0.4) is 0 Å². The van der Waals surface area contributed by atoms with Crippen LogP contribution in [0.15, 0.2) is 18.2 Å². The van der Waals surface area contributed by atoms with E-state index in [4.69, 9.17) is 25.6 Å². The maximum absolute atomic E-state index is 12.0. The summed E-state index contributed by atoms with van der Waals surface area (Å²) in [6.45, 7) is 14.1. The number of carbonyl (C=O) groups is 1. The monoisotopic (exact) mass is 380 g/mol. The first-order valence-corrected chi connectivity index (χ1v) is 9.58. The second-order valence-electron chi connectivity index (χ2n) is 8.54. The average molecular weight is 381 g/mol. The Morgan fingerprint density at radius 1 is 1.19 bits per heavy atom. The number of aryl methyl sites for hydroxylation is 1. The molecule has 0 atom stereocenters. The second-order valence-corrected chi connectivity index (χ2v) is 8.95. The lowest BCUT2D eigenvalue weighted by molar-refractivity contribution is -0.153. The van der Waals surface area contributed by atoms with Crippen molar-refractivity contribution in [2.45, 2.75) is 72.5 Å². The SMILES string of the molecule is CCOC(=O)C(C)(C)CCc1ccc(B2OC(C)(C)C(C)(C)O2)cc1Cl.